The molecule has 4 heteroatoms. The fourth-order valence-corrected chi connectivity index (χ4v) is 3.32. The second-order valence-corrected chi connectivity index (χ2v) is 7.08. The van der Waals surface area contributed by atoms with Crippen LogP contribution in [-0.2, 0) is 11.2 Å². The Labute approximate surface area is 155 Å². The van der Waals surface area contributed by atoms with Gasteiger partial charge in [0, 0.05) is 30.9 Å². The first-order valence-corrected chi connectivity index (χ1v) is 9.35. The van der Waals surface area contributed by atoms with Crippen LogP contribution in [0.4, 0.5) is 0 Å². The second-order valence-electron chi connectivity index (χ2n) is 7.08. The summed E-state index contributed by atoms with van der Waals surface area (Å²) in [5.74, 6) is -0.106. The molecule has 1 aliphatic rings. The van der Waals surface area contributed by atoms with Crippen molar-refractivity contribution in [2.45, 2.75) is 38.1 Å². The van der Waals surface area contributed by atoms with E-state index in [4.69, 9.17) is 10.5 Å². The molecule has 0 atom stereocenters. The Balaban J connectivity index is 1.74. The average molecular weight is 351 g/mol. The predicted octanol–water partition coefficient (Wildman–Crippen LogP) is 3.34. The van der Waals surface area contributed by atoms with Crippen LogP contribution in [0.15, 0.2) is 42.5 Å². The normalized spacial score (nSPS) is 16.2. The van der Waals surface area contributed by atoms with E-state index in [1.54, 1.807) is 6.07 Å². The highest BCUT2D eigenvalue weighted by Crippen LogP contribution is 2.25. The minimum atomic E-state index is -0.381. The Morgan fingerprint density at radius 2 is 1.96 bits per heavy atom. The molecule has 3 N–H and O–H groups in total. The van der Waals surface area contributed by atoms with Gasteiger partial charge in [0.25, 0.3) is 5.91 Å². The Kier molecular flexibility index (Phi) is 6.07. The lowest BCUT2D eigenvalue weighted by molar-refractivity contribution is 0.0518. The molecule has 0 aromatic heterocycles. The van der Waals surface area contributed by atoms with Crippen LogP contribution >= 0.6 is 0 Å². The fraction of sp³-hybridized carbons (Fsp3) is 0.409. The number of nitrogens with one attached hydrogen (secondary N) is 1. The molecule has 2 aromatic carbocycles. The third kappa shape index (κ3) is 4.51. The summed E-state index contributed by atoms with van der Waals surface area (Å²) in [7, 11) is 0. The maximum Gasteiger partial charge on any atom is 0.251 e. The van der Waals surface area contributed by atoms with Gasteiger partial charge >= 0.3 is 0 Å². The quantitative estimate of drug-likeness (QED) is 0.839. The molecule has 0 unspecified atom stereocenters. The van der Waals surface area contributed by atoms with Crippen molar-refractivity contribution in [2.24, 2.45) is 5.73 Å². The van der Waals surface area contributed by atoms with Crippen LogP contribution in [-0.4, -0.2) is 31.2 Å². The Morgan fingerprint density at radius 1 is 1.23 bits per heavy atom. The molecular weight excluding hydrogens is 324 g/mol. The van der Waals surface area contributed by atoms with Crippen molar-refractivity contribution in [1.29, 1.82) is 0 Å². The van der Waals surface area contributed by atoms with Crippen molar-refractivity contribution in [3.63, 3.8) is 0 Å². The largest absolute Gasteiger partial charge is 0.381 e. The topological polar surface area (TPSA) is 64.4 Å². The van der Waals surface area contributed by atoms with E-state index in [0.717, 1.165) is 36.8 Å². The van der Waals surface area contributed by atoms with E-state index in [9.17, 15) is 4.79 Å². The minimum absolute atomic E-state index is 0.106. The third-order valence-electron chi connectivity index (χ3n) is 5.00. The van der Waals surface area contributed by atoms with E-state index in [1.165, 1.54) is 5.56 Å². The van der Waals surface area contributed by atoms with Gasteiger partial charge in [-0.15, -0.1) is 0 Å². The standard InChI is InChI=1S/C22H27N2O2/c1-2-5-17-8-10-18(11-9-17)19-6-3-4-7-20(19)21(25)24-16-22(23)12-14-26-15-13-22/h3,6-11H,2,5,12-16,23H2,1H3,(H,24,25). The lowest BCUT2D eigenvalue weighted by Crippen LogP contribution is -2.53. The smallest absolute Gasteiger partial charge is 0.251 e. The molecule has 0 aliphatic carbocycles. The number of nitrogens with two attached hydrogens (primary N) is 1. The van der Waals surface area contributed by atoms with E-state index in [2.05, 4.69) is 42.6 Å². The zero-order valence-corrected chi connectivity index (χ0v) is 15.4. The van der Waals surface area contributed by atoms with Crippen LogP contribution in [0.2, 0.25) is 0 Å². The third-order valence-corrected chi connectivity index (χ3v) is 5.00. The van der Waals surface area contributed by atoms with Crippen LogP contribution < -0.4 is 11.1 Å². The van der Waals surface area contributed by atoms with E-state index in [-0.39, 0.29) is 11.4 Å². The summed E-state index contributed by atoms with van der Waals surface area (Å²) in [5, 5.41) is 3.01. The summed E-state index contributed by atoms with van der Waals surface area (Å²) in [4.78, 5) is 12.8. The summed E-state index contributed by atoms with van der Waals surface area (Å²) in [6, 6.07) is 17.0. The van der Waals surface area contributed by atoms with Crippen molar-refractivity contribution in [2.75, 3.05) is 19.8 Å². The first-order chi connectivity index (χ1) is 12.6. The number of hydrogen-bond acceptors (Lipinski definition) is 3. The average Bonchev–Trinajstić information content (AvgIpc) is 2.68. The number of rotatable bonds is 6. The SMILES string of the molecule is CCCc1ccc(-c2cc[c]cc2C(=O)NCC2(N)CCOCC2)cc1. The maximum atomic E-state index is 12.8. The fourth-order valence-electron chi connectivity index (χ4n) is 3.32. The first kappa shape index (κ1) is 18.6. The molecule has 3 rings (SSSR count). The summed E-state index contributed by atoms with van der Waals surface area (Å²) in [5.41, 5.74) is 9.90. The van der Waals surface area contributed by atoms with E-state index in [0.29, 0.717) is 25.3 Å². The van der Waals surface area contributed by atoms with Crippen LogP contribution in [0.25, 0.3) is 11.1 Å². The zero-order chi connectivity index (χ0) is 18.4. The molecule has 2 aromatic rings. The van der Waals surface area contributed by atoms with Gasteiger partial charge in [-0.1, -0.05) is 49.7 Å². The van der Waals surface area contributed by atoms with Crippen LogP contribution in [0, 0.1) is 6.07 Å². The summed E-state index contributed by atoms with van der Waals surface area (Å²) in [6.45, 7) is 3.94. The van der Waals surface area contributed by atoms with Crippen LogP contribution in [0.5, 0.6) is 0 Å². The van der Waals surface area contributed by atoms with Crippen LogP contribution in [0.1, 0.15) is 42.1 Å². The number of carbonyl (C=O) groups excluding carboxylic acids is 1. The van der Waals surface area contributed by atoms with Gasteiger partial charge in [0.05, 0.1) is 0 Å². The Morgan fingerprint density at radius 3 is 2.65 bits per heavy atom. The highest BCUT2D eigenvalue weighted by molar-refractivity contribution is 6.00. The molecule has 1 amide bonds. The summed E-state index contributed by atoms with van der Waals surface area (Å²) < 4.78 is 5.36. The van der Waals surface area contributed by atoms with Gasteiger partial charge < -0.3 is 15.8 Å². The lowest BCUT2D eigenvalue weighted by Gasteiger charge is -2.33. The van der Waals surface area contributed by atoms with Gasteiger partial charge in [-0.05, 0) is 48.1 Å². The van der Waals surface area contributed by atoms with Crippen molar-refractivity contribution >= 4 is 5.91 Å². The second kappa shape index (κ2) is 8.47. The molecule has 1 aliphatic heterocycles. The van der Waals surface area contributed by atoms with Gasteiger partial charge in [0.2, 0.25) is 0 Å². The summed E-state index contributed by atoms with van der Waals surface area (Å²) >= 11 is 0. The van der Waals surface area contributed by atoms with Crippen molar-refractivity contribution in [1.82, 2.24) is 5.32 Å². The predicted molar refractivity (Wildman–Crippen MR) is 104 cm³/mol. The van der Waals surface area contributed by atoms with Crippen molar-refractivity contribution in [3.05, 3.63) is 59.7 Å². The van der Waals surface area contributed by atoms with E-state index >= 15 is 0 Å². The Hall–Kier alpha value is -2.17. The van der Waals surface area contributed by atoms with Gasteiger partial charge in [-0.2, -0.15) is 0 Å². The molecule has 1 saturated heterocycles. The first-order valence-electron chi connectivity index (χ1n) is 9.35. The highest BCUT2D eigenvalue weighted by atomic mass is 16.5. The van der Waals surface area contributed by atoms with Crippen LogP contribution in [0.3, 0.4) is 0 Å². The molecule has 4 nitrogen and oxygen atoms in total. The molecule has 0 bridgehead atoms. The molecule has 0 saturated carbocycles. The number of benzene rings is 2. The number of carbonyl (C=O) groups is 1. The van der Waals surface area contributed by atoms with Gasteiger partial charge in [-0.25, -0.2) is 0 Å². The minimum Gasteiger partial charge on any atom is -0.381 e. The number of hydrogen-bond donors (Lipinski definition) is 2. The molecule has 137 valence electrons. The van der Waals surface area contributed by atoms with E-state index < -0.39 is 0 Å². The van der Waals surface area contributed by atoms with Crippen molar-refractivity contribution in [3.8, 4) is 11.1 Å². The van der Waals surface area contributed by atoms with E-state index in [1.807, 2.05) is 12.1 Å². The maximum absolute atomic E-state index is 12.8. The summed E-state index contributed by atoms with van der Waals surface area (Å²) in [6.07, 6.45) is 3.72. The van der Waals surface area contributed by atoms with Gasteiger partial charge in [0.1, 0.15) is 0 Å². The molecule has 26 heavy (non-hydrogen) atoms. The molecule has 1 fully saturated rings. The zero-order valence-electron chi connectivity index (χ0n) is 15.4. The molecule has 0 spiro atoms. The monoisotopic (exact) mass is 351 g/mol. The number of ether oxygens (including phenoxy) is 1. The molecule has 1 heterocycles. The Bertz CT molecular complexity index is 734. The highest BCUT2D eigenvalue weighted by Gasteiger charge is 2.28. The molecule has 1 radical (unpaired) electrons. The number of aryl methyl sites for hydroxylation is 1. The van der Waals surface area contributed by atoms with Gasteiger partial charge in [-0.3, -0.25) is 4.79 Å². The molecular formula is C22H27N2O2. The van der Waals surface area contributed by atoms with Crippen molar-refractivity contribution < 1.29 is 9.53 Å². The van der Waals surface area contributed by atoms with Gasteiger partial charge in [0.15, 0.2) is 0 Å². The lowest BCUT2D eigenvalue weighted by atomic mass is 9.91. The number of amides is 1.